The summed E-state index contributed by atoms with van der Waals surface area (Å²) in [5.74, 6) is -0.360. The Balaban J connectivity index is 3.36. The van der Waals surface area contributed by atoms with Gasteiger partial charge in [-0.2, -0.15) is 0 Å². The summed E-state index contributed by atoms with van der Waals surface area (Å²) in [7, 11) is 2.91. The fourth-order valence-corrected chi connectivity index (χ4v) is 0.542. The third kappa shape index (κ3) is 4.75. The maximum absolute atomic E-state index is 10.7. The van der Waals surface area contributed by atoms with E-state index in [0.717, 1.165) is 0 Å². The molecule has 0 saturated heterocycles. The van der Waals surface area contributed by atoms with E-state index in [-0.39, 0.29) is 5.97 Å². The van der Waals surface area contributed by atoms with E-state index in [1.807, 2.05) is 0 Å². The minimum absolute atomic E-state index is 0.360. The van der Waals surface area contributed by atoms with E-state index in [1.165, 1.54) is 7.11 Å². The Morgan fingerprint density at radius 1 is 1.36 bits per heavy atom. The molecule has 0 unspecified atom stereocenters. The minimum atomic E-state index is -0.504. The molecule has 4 nitrogen and oxygen atoms in total. The van der Waals surface area contributed by atoms with Crippen LogP contribution in [0.3, 0.4) is 0 Å². The van der Waals surface area contributed by atoms with Gasteiger partial charge in [-0.05, 0) is 6.92 Å². The molecule has 0 N–H and O–H groups in total. The van der Waals surface area contributed by atoms with Crippen molar-refractivity contribution in [1.82, 2.24) is 0 Å². The molecule has 0 aromatic heterocycles. The van der Waals surface area contributed by atoms with Crippen LogP contribution in [0.25, 0.3) is 0 Å². The van der Waals surface area contributed by atoms with Gasteiger partial charge in [0.05, 0.1) is 20.3 Å². The number of hydrogen-bond donors (Lipinski definition) is 0. The molecule has 0 aromatic carbocycles. The van der Waals surface area contributed by atoms with Gasteiger partial charge in [-0.3, -0.25) is 0 Å². The minimum Gasteiger partial charge on any atom is -0.467 e. The van der Waals surface area contributed by atoms with Gasteiger partial charge in [-0.15, -0.1) is 0 Å². The fourth-order valence-electron chi connectivity index (χ4n) is 0.542. The Hall–Kier alpha value is -0.610. The predicted octanol–water partition coefficient (Wildman–Crippen LogP) is 0.211. The molecule has 1 atom stereocenters. The number of rotatable bonds is 5. The topological polar surface area (TPSA) is 44.8 Å². The van der Waals surface area contributed by atoms with Gasteiger partial charge < -0.3 is 14.2 Å². The molecule has 0 saturated carbocycles. The van der Waals surface area contributed by atoms with Crippen LogP contribution in [0.2, 0.25) is 0 Å². The Bertz CT molecular complexity index is 113. The van der Waals surface area contributed by atoms with E-state index >= 15 is 0 Å². The lowest BCUT2D eigenvalue weighted by molar-refractivity contribution is -0.153. The van der Waals surface area contributed by atoms with E-state index in [0.29, 0.717) is 13.2 Å². The molecule has 0 bridgehead atoms. The summed E-state index contributed by atoms with van der Waals surface area (Å²) in [6, 6.07) is 0. The summed E-state index contributed by atoms with van der Waals surface area (Å²) < 4.78 is 14.2. The average Bonchev–Trinajstić information content (AvgIpc) is 2.03. The van der Waals surface area contributed by atoms with E-state index in [1.54, 1.807) is 14.0 Å². The van der Waals surface area contributed by atoms with Crippen LogP contribution < -0.4 is 0 Å². The molecule has 0 amide bonds. The lowest BCUT2D eigenvalue weighted by Crippen LogP contribution is -2.23. The Morgan fingerprint density at radius 2 is 2.00 bits per heavy atom. The first-order valence-electron chi connectivity index (χ1n) is 3.40. The van der Waals surface area contributed by atoms with Gasteiger partial charge in [0.15, 0.2) is 6.10 Å². The van der Waals surface area contributed by atoms with Crippen LogP contribution >= 0.6 is 0 Å². The predicted molar refractivity (Wildman–Crippen MR) is 39.3 cm³/mol. The van der Waals surface area contributed by atoms with Crippen LogP contribution in [0.5, 0.6) is 0 Å². The summed E-state index contributed by atoms with van der Waals surface area (Å²) >= 11 is 0. The van der Waals surface area contributed by atoms with Gasteiger partial charge in [-0.1, -0.05) is 0 Å². The van der Waals surface area contributed by atoms with Crippen LogP contribution in [0.1, 0.15) is 6.92 Å². The highest BCUT2D eigenvalue weighted by Gasteiger charge is 2.12. The zero-order valence-corrected chi connectivity index (χ0v) is 7.12. The zero-order valence-electron chi connectivity index (χ0n) is 7.12. The van der Waals surface area contributed by atoms with Crippen molar-refractivity contribution in [1.29, 1.82) is 0 Å². The van der Waals surface area contributed by atoms with E-state index < -0.39 is 6.10 Å². The first-order valence-corrected chi connectivity index (χ1v) is 3.40. The van der Waals surface area contributed by atoms with Crippen molar-refractivity contribution in [2.45, 2.75) is 13.0 Å². The standard InChI is InChI=1S/C7H14O4/c1-6(7(8)10-3)11-5-4-9-2/h6H,4-5H2,1-3H3/t6-/m1/s1. The Kier molecular flexibility index (Phi) is 5.78. The number of ether oxygens (including phenoxy) is 3. The lowest BCUT2D eigenvalue weighted by Gasteiger charge is -2.09. The summed E-state index contributed by atoms with van der Waals surface area (Å²) in [5, 5.41) is 0. The van der Waals surface area contributed by atoms with Crippen molar-refractivity contribution in [3.8, 4) is 0 Å². The van der Waals surface area contributed by atoms with Gasteiger partial charge in [-0.25, -0.2) is 4.79 Å². The normalized spacial score (nSPS) is 12.6. The molecule has 0 aliphatic heterocycles. The van der Waals surface area contributed by atoms with Crippen LogP contribution in [-0.4, -0.2) is 39.5 Å². The molecule has 0 aliphatic rings. The van der Waals surface area contributed by atoms with Crippen LogP contribution in [0, 0.1) is 0 Å². The molecular formula is C7H14O4. The van der Waals surface area contributed by atoms with Crippen LogP contribution in [0.15, 0.2) is 0 Å². The first kappa shape index (κ1) is 10.4. The van der Waals surface area contributed by atoms with Gasteiger partial charge in [0.1, 0.15) is 0 Å². The van der Waals surface area contributed by atoms with Crippen LogP contribution in [0.4, 0.5) is 0 Å². The third-order valence-corrected chi connectivity index (χ3v) is 1.19. The summed E-state index contributed by atoms with van der Waals surface area (Å²) in [6.07, 6.45) is -0.504. The molecule has 0 radical (unpaired) electrons. The maximum Gasteiger partial charge on any atom is 0.334 e. The molecular weight excluding hydrogens is 148 g/mol. The molecule has 0 aromatic rings. The highest BCUT2D eigenvalue weighted by Crippen LogP contribution is 1.92. The van der Waals surface area contributed by atoms with Gasteiger partial charge in [0, 0.05) is 7.11 Å². The fraction of sp³-hybridized carbons (Fsp3) is 0.857. The van der Waals surface area contributed by atoms with E-state index in [4.69, 9.17) is 9.47 Å². The van der Waals surface area contributed by atoms with Crippen molar-refractivity contribution in [2.75, 3.05) is 27.4 Å². The molecule has 4 heteroatoms. The Morgan fingerprint density at radius 3 is 2.45 bits per heavy atom. The molecule has 0 rings (SSSR count). The van der Waals surface area contributed by atoms with Gasteiger partial charge >= 0.3 is 5.97 Å². The largest absolute Gasteiger partial charge is 0.467 e. The summed E-state index contributed by atoms with van der Waals surface area (Å²) in [6.45, 7) is 2.54. The summed E-state index contributed by atoms with van der Waals surface area (Å²) in [5.41, 5.74) is 0. The molecule has 0 heterocycles. The number of esters is 1. The number of methoxy groups -OCH3 is 2. The average molecular weight is 162 g/mol. The van der Waals surface area contributed by atoms with E-state index in [2.05, 4.69) is 4.74 Å². The Labute approximate surface area is 66.4 Å². The lowest BCUT2D eigenvalue weighted by atomic mass is 10.4. The second-order valence-corrected chi connectivity index (χ2v) is 2.03. The molecule has 0 spiro atoms. The van der Waals surface area contributed by atoms with Crippen molar-refractivity contribution in [2.24, 2.45) is 0 Å². The van der Waals surface area contributed by atoms with Gasteiger partial charge in [0.2, 0.25) is 0 Å². The second kappa shape index (κ2) is 6.12. The maximum atomic E-state index is 10.7. The smallest absolute Gasteiger partial charge is 0.334 e. The van der Waals surface area contributed by atoms with Gasteiger partial charge in [0.25, 0.3) is 0 Å². The van der Waals surface area contributed by atoms with Crippen molar-refractivity contribution < 1.29 is 19.0 Å². The zero-order chi connectivity index (χ0) is 8.69. The molecule has 11 heavy (non-hydrogen) atoms. The van der Waals surface area contributed by atoms with Crippen molar-refractivity contribution in [3.05, 3.63) is 0 Å². The van der Waals surface area contributed by atoms with Crippen molar-refractivity contribution in [3.63, 3.8) is 0 Å². The number of carbonyl (C=O) groups excluding carboxylic acids is 1. The summed E-state index contributed by atoms with van der Waals surface area (Å²) in [4.78, 5) is 10.7. The first-order chi connectivity index (χ1) is 5.22. The SMILES string of the molecule is COCCO[C@H](C)C(=O)OC. The molecule has 0 aliphatic carbocycles. The van der Waals surface area contributed by atoms with E-state index in [9.17, 15) is 4.79 Å². The monoisotopic (exact) mass is 162 g/mol. The van der Waals surface area contributed by atoms with Crippen LogP contribution in [-0.2, 0) is 19.0 Å². The molecule has 66 valence electrons. The quantitative estimate of drug-likeness (QED) is 0.428. The number of hydrogen-bond acceptors (Lipinski definition) is 4. The number of carbonyl (C=O) groups is 1. The third-order valence-electron chi connectivity index (χ3n) is 1.19. The molecule has 0 fully saturated rings. The second-order valence-electron chi connectivity index (χ2n) is 2.03. The highest BCUT2D eigenvalue weighted by molar-refractivity contribution is 5.73. The van der Waals surface area contributed by atoms with Crippen molar-refractivity contribution >= 4 is 5.97 Å². The highest BCUT2D eigenvalue weighted by atomic mass is 16.6.